The van der Waals surface area contributed by atoms with E-state index in [1.165, 1.54) is 0 Å². The van der Waals surface area contributed by atoms with Gasteiger partial charge in [-0.2, -0.15) is 0 Å². The molecule has 0 bridgehead atoms. The molecule has 4 aromatic carbocycles. The summed E-state index contributed by atoms with van der Waals surface area (Å²) in [6.07, 6.45) is 2.35. The first-order valence-electron chi connectivity index (χ1n) is 13.6. The van der Waals surface area contributed by atoms with E-state index >= 15 is 0 Å². The SMILES string of the molecule is O=C(Oc1ccc(OCc2ccccc2)cc1)C1CCC(C(=O)Oc2ccc(OCc3ccccc3)cc2)CC1. The van der Waals surface area contributed by atoms with Crippen molar-refractivity contribution in [2.45, 2.75) is 38.9 Å². The predicted octanol–water partition coefficient (Wildman–Crippen LogP) is 7.16. The molecule has 1 aliphatic rings. The Labute approximate surface area is 234 Å². The molecule has 0 radical (unpaired) electrons. The zero-order chi connectivity index (χ0) is 27.6. The van der Waals surface area contributed by atoms with Gasteiger partial charge in [0, 0.05) is 0 Å². The minimum absolute atomic E-state index is 0.237. The highest BCUT2D eigenvalue weighted by Gasteiger charge is 2.32. The van der Waals surface area contributed by atoms with Gasteiger partial charge in [-0.05, 0) is 85.3 Å². The first-order chi connectivity index (χ1) is 19.6. The maximum absolute atomic E-state index is 12.7. The monoisotopic (exact) mass is 536 g/mol. The van der Waals surface area contributed by atoms with Crippen LogP contribution in [0.15, 0.2) is 109 Å². The Kier molecular flexibility index (Phi) is 9.09. The third-order valence-corrected chi connectivity index (χ3v) is 6.97. The molecule has 0 N–H and O–H groups in total. The van der Waals surface area contributed by atoms with E-state index in [-0.39, 0.29) is 23.8 Å². The zero-order valence-electron chi connectivity index (χ0n) is 22.2. The number of benzene rings is 4. The van der Waals surface area contributed by atoms with Gasteiger partial charge in [-0.15, -0.1) is 0 Å². The third-order valence-electron chi connectivity index (χ3n) is 6.97. The van der Waals surface area contributed by atoms with Crippen LogP contribution in [0.3, 0.4) is 0 Å². The van der Waals surface area contributed by atoms with Crippen LogP contribution >= 0.6 is 0 Å². The standard InChI is InChI=1S/C34H32O6/c35-33(39-31-19-15-29(16-20-31)37-23-25-7-3-1-4-8-25)27-11-13-28(14-12-27)34(36)40-32-21-17-30(18-22-32)38-24-26-9-5-2-6-10-26/h1-10,15-22,27-28H,11-14,23-24H2. The van der Waals surface area contributed by atoms with Crippen LogP contribution in [0.5, 0.6) is 23.0 Å². The van der Waals surface area contributed by atoms with Crippen molar-refractivity contribution in [3.63, 3.8) is 0 Å². The first kappa shape index (κ1) is 27.0. The maximum Gasteiger partial charge on any atom is 0.314 e. The number of carbonyl (C=O) groups is 2. The fourth-order valence-electron chi connectivity index (χ4n) is 4.65. The fourth-order valence-corrected chi connectivity index (χ4v) is 4.65. The first-order valence-corrected chi connectivity index (χ1v) is 13.6. The summed E-state index contributed by atoms with van der Waals surface area (Å²) in [6, 6.07) is 34.0. The van der Waals surface area contributed by atoms with Gasteiger partial charge >= 0.3 is 11.9 Å². The summed E-state index contributed by atoms with van der Waals surface area (Å²) in [5, 5.41) is 0. The van der Waals surface area contributed by atoms with Gasteiger partial charge in [-0.25, -0.2) is 0 Å². The topological polar surface area (TPSA) is 71.1 Å². The van der Waals surface area contributed by atoms with Crippen molar-refractivity contribution >= 4 is 11.9 Å². The van der Waals surface area contributed by atoms with Crippen molar-refractivity contribution < 1.29 is 28.5 Å². The summed E-state index contributed by atoms with van der Waals surface area (Å²) >= 11 is 0. The molecule has 0 atom stereocenters. The van der Waals surface area contributed by atoms with Crippen molar-refractivity contribution in [1.82, 2.24) is 0 Å². The largest absolute Gasteiger partial charge is 0.489 e. The van der Waals surface area contributed by atoms with Gasteiger partial charge in [0.05, 0.1) is 11.8 Å². The number of ether oxygens (including phenoxy) is 4. The second-order valence-corrected chi connectivity index (χ2v) is 9.88. The summed E-state index contributed by atoms with van der Waals surface area (Å²) < 4.78 is 22.8. The molecule has 0 aromatic heterocycles. The van der Waals surface area contributed by atoms with Crippen LogP contribution in [0, 0.1) is 11.8 Å². The molecular weight excluding hydrogens is 504 g/mol. The van der Waals surface area contributed by atoms with Crippen molar-refractivity contribution in [1.29, 1.82) is 0 Å². The molecule has 1 fully saturated rings. The quantitative estimate of drug-likeness (QED) is 0.158. The summed E-state index contributed by atoms with van der Waals surface area (Å²) in [7, 11) is 0. The summed E-state index contributed by atoms with van der Waals surface area (Å²) in [4.78, 5) is 25.4. The highest BCUT2D eigenvalue weighted by Crippen LogP contribution is 2.32. The van der Waals surface area contributed by atoms with Gasteiger partial charge in [-0.3, -0.25) is 9.59 Å². The number of hydrogen-bond donors (Lipinski definition) is 0. The van der Waals surface area contributed by atoms with Gasteiger partial charge in [0.25, 0.3) is 0 Å². The molecule has 6 nitrogen and oxygen atoms in total. The molecule has 1 aliphatic carbocycles. The van der Waals surface area contributed by atoms with Crippen LogP contribution in [-0.2, 0) is 22.8 Å². The number of hydrogen-bond acceptors (Lipinski definition) is 6. The minimum atomic E-state index is -0.268. The lowest BCUT2D eigenvalue weighted by Gasteiger charge is -2.25. The van der Waals surface area contributed by atoms with Crippen LogP contribution in [0.25, 0.3) is 0 Å². The van der Waals surface area contributed by atoms with E-state index in [0.717, 1.165) is 11.1 Å². The summed E-state index contributed by atoms with van der Waals surface area (Å²) in [5.41, 5.74) is 2.17. The van der Waals surface area contributed by atoms with Crippen molar-refractivity contribution in [3.05, 3.63) is 120 Å². The lowest BCUT2D eigenvalue weighted by molar-refractivity contribution is -0.145. The van der Waals surface area contributed by atoms with Crippen LogP contribution in [0.1, 0.15) is 36.8 Å². The Bertz CT molecular complexity index is 1250. The molecule has 5 rings (SSSR count). The van der Waals surface area contributed by atoms with E-state index in [1.54, 1.807) is 48.5 Å². The minimum Gasteiger partial charge on any atom is -0.489 e. The van der Waals surface area contributed by atoms with Gasteiger partial charge in [0.1, 0.15) is 36.2 Å². The molecule has 0 aliphatic heterocycles. The van der Waals surface area contributed by atoms with E-state index in [9.17, 15) is 9.59 Å². The Balaban J connectivity index is 1.03. The van der Waals surface area contributed by atoms with Crippen molar-refractivity contribution in [2.24, 2.45) is 11.8 Å². The van der Waals surface area contributed by atoms with Crippen molar-refractivity contribution in [2.75, 3.05) is 0 Å². The molecule has 6 heteroatoms. The Morgan fingerprint density at radius 1 is 0.475 bits per heavy atom. The van der Waals surface area contributed by atoms with Crippen LogP contribution in [-0.4, -0.2) is 11.9 Å². The average molecular weight is 537 g/mol. The van der Waals surface area contributed by atoms with E-state index in [1.807, 2.05) is 60.7 Å². The molecule has 0 amide bonds. The molecule has 204 valence electrons. The highest BCUT2D eigenvalue weighted by molar-refractivity contribution is 5.77. The molecule has 4 aromatic rings. The highest BCUT2D eigenvalue weighted by atomic mass is 16.5. The molecule has 40 heavy (non-hydrogen) atoms. The van der Waals surface area contributed by atoms with Gasteiger partial charge in [0.15, 0.2) is 0 Å². The van der Waals surface area contributed by atoms with Crippen molar-refractivity contribution in [3.8, 4) is 23.0 Å². The second kappa shape index (κ2) is 13.5. The Hall–Kier alpha value is -4.58. The van der Waals surface area contributed by atoms with Crippen LogP contribution in [0.2, 0.25) is 0 Å². The summed E-state index contributed by atoms with van der Waals surface area (Å²) in [5.74, 6) is 1.36. The maximum atomic E-state index is 12.7. The predicted molar refractivity (Wildman–Crippen MR) is 151 cm³/mol. The molecule has 0 unspecified atom stereocenters. The van der Waals surface area contributed by atoms with E-state index in [0.29, 0.717) is 61.9 Å². The zero-order valence-corrected chi connectivity index (χ0v) is 22.2. The smallest absolute Gasteiger partial charge is 0.314 e. The molecule has 0 heterocycles. The normalized spacial score (nSPS) is 16.5. The Morgan fingerprint density at radius 2 is 0.800 bits per heavy atom. The molecular formula is C34H32O6. The number of carbonyl (C=O) groups excluding carboxylic acids is 2. The third kappa shape index (κ3) is 7.73. The molecule has 0 spiro atoms. The molecule has 1 saturated carbocycles. The Morgan fingerprint density at radius 3 is 1.15 bits per heavy atom. The fraction of sp³-hybridized carbons (Fsp3) is 0.235. The van der Waals surface area contributed by atoms with Crippen LogP contribution < -0.4 is 18.9 Å². The lowest BCUT2D eigenvalue weighted by Crippen LogP contribution is -2.30. The van der Waals surface area contributed by atoms with E-state index in [4.69, 9.17) is 18.9 Å². The number of rotatable bonds is 10. The van der Waals surface area contributed by atoms with Gasteiger partial charge in [0.2, 0.25) is 0 Å². The lowest BCUT2D eigenvalue weighted by atomic mass is 9.82. The van der Waals surface area contributed by atoms with E-state index in [2.05, 4.69) is 0 Å². The molecule has 0 saturated heterocycles. The average Bonchev–Trinajstić information content (AvgIpc) is 3.01. The van der Waals surface area contributed by atoms with Gasteiger partial charge < -0.3 is 18.9 Å². The number of esters is 2. The second-order valence-electron chi connectivity index (χ2n) is 9.88. The van der Waals surface area contributed by atoms with Gasteiger partial charge in [-0.1, -0.05) is 60.7 Å². The summed E-state index contributed by atoms with van der Waals surface area (Å²) in [6.45, 7) is 0.945. The van der Waals surface area contributed by atoms with E-state index < -0.39 is 0 Å². The van der Waals surface area contributed by atoms with Crippen LogP contribution in [0.4, 0.5) is 0 Å².